The Morgan fingerprint density at radius 2 is 2.22 bits per heavy atom. The number of carbonyl (C=O) groups is 1. The molecular weight excluding hydrogens is 226 g/mol. The highest BCUT2D eigenvalue weighted by atomic mass is 16.1. The van der Waals surface area contributed by atoms with Crippen LogP contribution in [0.25, 0.3) is 0 Å². The molecule has 2 fully saturated rings. The van der Waals surface area contributed by atoms with Gasteiger partial charge in [0.1, 0.15) is 0 Å². The van der Waals surface area contributed by atoms with Crippen LogP contribution in [0.5, 0.6) is 0 Å². The molecule has 0 spiro atoms. The molecule has 0 aromatic rings. The van der Waals surface area contributed by atoms with Crippen LogP contribution in [0.4, 0.5) is 0 Å². The minimum absolute atomic E-state index is 0.179. The zero-order chi connectivity index (χ0) is 13.0. The number of rotatable bonds is 5. The molecule has 1 aliphatic carbocycles. The molecule has 1 amide bonds. The number of amides is 1. The Kier molecular flexibility index (Phi) is 5.01. The van der Waals surface area contributed by atoms with Gasteiger partial charge in [-0.1, -0.05) is 13.3 Å². The Hall–Kier alpha value is -0.610. The second-order valence-electron chi connectivity index (χ2n) is 5.83. The fourth-order valence-corrected chi connectivity index (χ4v) is 3.41. The van der Waals surface area contributed by atoms with Crippen LogP contribution in [-0.2, 0) is 4.79 Å². The predicted octanol–water partition coefficient (Wildman–Crippen LogP) is 0.819. The Labute approximate surface area is 110 Å². The fraction of sp³-hybridized carbons (Fsp3) is 0.929. The highest BCUT2D eigenvalue weighted by molar-refractivity contribution is 5.79. The van der Waals surface area contributed by atoms with Crippen LogP contribution in [0, 0.1) is 17.8 Å². The largest absolute Gasteiger partial charge is 0.356 e. The van der Waals surface area contributed by atoms with E-state index in [1.807, 2.05) is 0 Å². The highest BCUT2D eigenvalue weighted by Crippen LogP contribution is 2.31. The number of likely N-dealkylation sites (tertiary alicyclic amines) is 1. The smallest absolute Gasteiger partial charge is 0.223 e. The maximum Gasteiger partial charge on any atom is 0.223 e. The molecule has 0 bridgehead atoms. The standard InChI is InChI=1S/C14H27N3O/c1-2-17-7-6-11(10-17)9-16-14(18)13-5-3-4-12(13)8-15/h11-13H,2-10,15H2,1H3,(H,16,18)/t11?,12-,13-/m1/s1. The molecular formula is C14H27N3O. The zero-order valence-electron chi connectivity index (χ0n) is 11.5. The monoisotopic (exact) mass is 253 g/mol. The van der Waals surface area contributed by atoms with Crippen molar-refractivity contribution in [1.29, 1.82) is 0 Å². The Morgan fingerprint density at radius 1 is 1.39 bits per heavy atom. The highest BCUT2D eigenvalue weighted by Gasteiger charge is 2.32. The Bertz CT molecular complexity index is 282. The summed E-state index contributed by atoms with van der Waals surface area (Å²) in [6.45, 7) is 7.16. The van der Waals surface area contributed by atoms with Crippen molar-refractivity contribution in [2.45, 2.75) is 32.6 Å². The molecule has 1 saturated carbocycles. The molecule has 18 heavy (non-hydrogen) atoms. The van der Waals surface area contributed by atoms with E-state index in [-0.39, 0.29) is 11.8 Å². The minimum atomic E-state index is 0.179. The van der Waals surface area contributed by atoms with Gasteiger partial charge in [-0.05, 0) is 50.7 Å². The third-order valence-corrected chi connectivity index (χ3v) is 4.68. The summed E-state index contributed by atoms with van der Waals surface area (Å²) in [5.74, 6) is 1.49. The Morgan fingerprint density at radius 3 is 2.89 bits per heavy atom. The van der Waals surface area contributed by atoms with Crippen LogP contribution in [0.15, 0.2) is 0 Å². The average molecular weight is 253 g/mol. The van der Waals surface area contributed by atoms with Crippen LogP contribution in [0.3, 0.4) is 0 Å². The summed E-state index contributed by atoms with van der Waals surface area (Å²) >= 11 is 0. The summed E-state index contributed by atoms with van der Waals surface area (Å²) in [5, 5.41) is 3.15. The van der Waals surface area contributed by atoms with Gasteiger partial charge in [0.25, 0.3) is 0 Å². The Balaban J connectivity index is 1.72. The quantitative estimate of drug-likeness (QED) is 0.762. The maximum absolute atomic E-state index is 12.1. The van der Waals surface area contributed by atoms with Gasteiger partial charge in [0.05, 0.1) is 0 Å². The number of hydrogen-bond acceptors (Lipinski definition) is 3. The van der Waals surface area contributed by atoms with Crippen molar-refractivity contribution in [1.82, 2.24) is 10.2 Å². The number of nitrogens with one attached hydrogen (secondary N) is 1. The molecule has 2 aliphatic rings. The number of nitrogens with zero attached hydrogens (tertiary/aromatic N) is 1. The van der Waals surface area contributed by atoms with E-state index in [1.54, 1.807) is 0 Å². The summed E-state index contributed by atoms with van der Waals surface area (Å²) in [6, 6.07) is 0. The summed E-state index contributed by atoms with van der Waals surface area (Å²) < 4.78 is 0. The lowest BCUT2D eigenvalue weighted by atomic mass is 9.95. The van der Waals surface area contributed by atoms with Crippen molar-refractivity contribution in [2.24, 2.45) is 23.5 Å². The van der Waals surface area contributed by atoms with Gasteiger partial charge >= 0.3 is 0 Å². The van der Waals surface area contributed by atoms with Gasteiger partial charge in [-0.2, -0.15) is 0 Å². The first kappa shape index (κ1) is 13.8. The number of carbonyl (C=O) groups excluding carboxylic acids is 1. The molecule has 104 valence electrons. The van der Waals surface area contributed by atoms with E-state index in [2.05, 4.69) is 17.1 Å². The van der Waals surface area contributed by atoms with Crippen LogP contribution >= 0.6 is 0 Å². The number of hydrogen-bond donors (Lipinski definition) is 2. The molecule has 4 heteroatoms. The van der Waals surface area contributed by atoms with E-state index in [4.69, 9.17) is 5.73 Å². The van der Waals surface area contributed by atoms with Crippen molar-refractivity contribution in [3.8, 4) is 0 Å². The SMILES string of the molecule is CCN1CCC(CNC(=O)[C@@H]2CCC[C@@H]2CN)C1. The van der Waals surface area contributed by atoms with Crippen molar-refractivity contribution in [3.63, 3.8) is 0 Å². The van der Waals surface area contributed by atoms with Gasteiger partial charge in [0.2, 0.25) is 5.91 Å². The number of nitrogens with two attached hydrogens (primary N) is 1. The van der Waals surface area contributed by atoms with Crippen LogP contribution in [0.2, 0.25) is 0 Å². The molecule has 2 rings (SSSR count). The zero-order valence-corrected chi connectivity index (χ0v) is 11.5. The molecule has 0 aromatic carbocycles. The first-order valence-corrected chi connectivity index (χ1v) is 7.44. The first-order chi connectivity index (χ1) is 8.74. The molecule has 1 saturated heterocycles. The third-order valence-electron chi connectivity index (χ3n) is 4.68. The maximum atomic E-state index is 12.1. The second kappa shape index (κ2) is 6.53. The van der Waals surface area contributed by atoms with Crippen molar-refractivity contribution in [3.05, 3.63) is 0 Å². The summed E-state index contributed by atoms with van der Waals surface area (Å²) in [6.07, 6.45) is 4.53. The van der Waals surface area contributed by atoms with Gasteiger partial charge in [0, 0.05) is 19.0 Å². The van der Waals surface area contributed by atoms with E-state index >= 15 is 0 Å². The van der Waals surface area contributed by atoms with Crippen molar-refractivity contribution >= 4 is 5.91 Å². The fourth-order valence-electron chi connectivity index (χ4n) is 3.41. The van der Waals surface area contributed by atoms with Gasteiger partial charge in [-0.25, -0.2) is 0 Å². The van der Waals surface area contributed by atoms with E-state index in [9.17, 15) is 4.79 Å². The van der Waals surface area contributed by atoms with Crippen molar-refractivity contribution < 1.29 is 4.79 Å². The molecule has 3 atom stereocenters. The van der Waals surface area contributed by atoms with E-state index in [0.717, 1.165) is 38.9 Å². The van der Waals surface area contributed by atoms with Crippen LogP contribution in [0.1, 0.15) is 32.6 Å². The molecule has 4 nitrogen and oxygen atoms in total. The molecule has 3 N–H and O–H groups in total. The van der Waals surface area contributed by atoms with E-state index < -0.39 is 0 Å². The average Bonchev–Trinajstić information content (AvgIpc) is 3.04. The molecule has 1 unspecified atom stereocenters. The van der Waals surface area contributed by atoms with Gasteiger partial charge in [0.15, 0.2) is 0 Å². The summed E-state index contributed by atoms with van der Waals surface area (Å²) in [7, 11) is 0. The van der Waals surface area contributed by atoms with E-state index in [0.29, 0.717) is 18.4 Å². The topological polar surface area (TPSA) is 58.4 Å². The lowest BCUT2D eigenvalue weighted by Gasteiger charge is -2.19. The van der Waals surface area contributed by atoms with Gasteiger partial charge < -0.3 is 16.0 Å². The van der Waals surface area contributed by atoms with Crippen LogP contribution < -0.4 is 11.1 Å². The summed E-state index contributed by atoms with van der Waals surface area (Å²) in [5.41, 5.74) is 5.73. The molecule has 1 heterocycles. The minimum Gasteiger partial charge on any atom is -0.356 e. The lowest BCUT2D eigenvalue weighted by molar-refractivity contribution is -0.126. The normalized spacial score (nSPS) is 32.9. The van der Waals surface area contributed by atoms with E-state index in [1.165, 1.54) is 13.0 Å². The van der Waals surface area contributed by atoms with Crippen molar-refractivity contribution in [2.75, 3.05) is 32.7 Å². The summed E-state index contributed by atoms with van der Waals surface area (Å²) in [4.78, 5) is 14.6. The van der Waals surface area contributed by atoms with Gasteiger partial charge in [-0.15, -0.1) is 0 Å². The molecule has 0 aromatic heterocycles. The third kappa shape index (κ3) is 3.23. The predicted molar refractivity (Wildman–Crippen MR) is 73.1 cm³/mol. The van der Waals surface area contributed by atoms with Crippen LogP contribution in [-0.4, -0.2) is 43.5 Å². The molecule has 1 aliphatic heterocycles. The molecule has 0 radical (unpaired) electrons. The first-order valence-electron chi connectivity index (χ1n) is 7.44. The van der Waals surface area contributed by atoms with Gasteiger partial charge in [-0.3, -0.25) is 4.79 Å². The lowest BCUT2D eigenvalue weighted by Crippen LogP contribution is -2.38. The second-order valence-corrected chi connectivity index (χ2v) is 5.83.